The largest absolute Gasteiger partial charge is 0.341 e. The summed E-state index contributed by atoms with van der Waals surface area (Å²) in [6.45, 7) is 9.41. The van der Waals surface area contributed by atoms with Gasteiger partial charge in [-0.25, -0.2) is 0 Å². The number of thiophene rings is 1. The molecule has 4 rings (SSSR count). The Hall–Kier alpha value is -2.18. The van der Waals surface area contributed by atoms with Gasteiger partial charge in [0.1, 0.15) is 0 Å². The number of carbonyl (C=O) groups excluding carboxylic acids is 2. The second-order valence-corrected chi connectivity index (χ2v) is 9.41. The maximum Gasteiger partial charge on any atom is 0.239 e. The van der Waals surface area contributed by atoms with Crippen LogP contribution in [-0.4, -0.2) is 65.3 Å². The second-order valence-electron chi connectivity index (χ2n) is 8.41. The monoisotopic (exact) mass is 425 g/mol. The number of nitrogens with zero attached hydrogens (tertiary/aromatic N) is 3. The molecule has 2 aliphatic rings. The Morgan fingerprint density at radius 2 is 1.73 bits per heavy atom. The maximum absolute atomic E-state index is 13.5. The quantitative estimate of drug-likeness (QED) is 0.756. The van der Waals surface area contributed by atoms with Crippen LogP contribution < -0.4 is 0 Å². The Morgan fingerprint density at radius 3 is 2.50 bits per heavy atom. The lowest BCUT2D eigenvalue weighted by Gasteiger charge is -2.41. The van der Waals surface area contributed by atoms with Crippen LogP contribution in [0, 0.1) is 6.92 Å². The zero-order chi connectivity index (χ0) is 21.3. The van der Waals surface area contributed by atoms with Gasteiger partial charge in [-0.05, 0) is 54.8 Å². The molecular weight excluding hydrogens is 394 g/mol. The minimum Gasteiger partial charge on any atom is -0.341 e. The molecule has 0 unspecified atom stereocenters. The summed E-state index contributed by atoms with van der Waals surface area (Å²) >= 11 is 1.83. The molecule has 3 heterocycles. The molecule has 0 N–H and O–H groups in total. The number of rotatable bonds is 3. The first-order chi connectivity index (χ1) is 14.5. The van der Waals surface area contributed by atoms with Crippen LogP contribution in [0.4, 0.5) is 0 Å². The minimum atomic E-state index is -0.202. The number of amides is 2. The summed E-state index contributed by atoms with van der Waals surface area (Å²) in [7, 11) is 0. The van der Waals surface area contributed by atoms with Crippen LogP contribution >= 0.6 is 11.3 Å². The molecule has 2 atom stereocenters. The van der Waals surface area contributed by atoms with E-state index in [-0.39, 0.29) is 23.9 Å². The van der Waals surface area contributed by atoms with Gasteiger partial charge >= 0.3 is 0 Å². The number of fused-ring (bicyclic) bond motifs is 1. The highest BCUT2D eigenvalue weighted by Gasteiger charge is 2.37. The van der Waals surface area contributed by atoms with Gasteiger partial charge < -0.3 is 9.80 Å². The molecule has 5 nitrogen and oxygen atoms in total. The van der Waals surface area contributed by atoms with Crippen LogP contribution in [0.5, 0.6) is 0 Å². The zero-order valence-corrected chi connectivity index (χ0v) is 19.0. The Labute approximate surface area is 183 Å². The molecule has 2 amide bonds. The summed E-state index contributed by atoms with van der Waals surface area (Å²) in [6, 6.07) is 10.7. The third-order valence-electron chi connectivity index (χ3n) is 6.59. The standard InChI is InChI=1S/C24H31N3O2S/c1-17-7-4-5-8-20(17)23-21-10-16-30-22(21)9-13-27(23)18(2)24(29)26-12-6-11-25(14-15-26)19(3)28/h4-5,7-8,10,16,18,23H,6,9,11-15H2,1-3H3/t18-,23-/m0/s1. The van der Waals surface area contributed by atoms with Crippen molar-refractivity contribution in [1.82, 2.24) is 14.7 Å². The lowest BCUT2D eigenvalue weighted by molar-refractivity contribution is -0.137. The van der Waals surface area contributed by atoms with E-state index in [1.54, 1.807) is 6.92 Å². The van der Waals surface area contributed by atoms with Crippen molar-refractivity contribution in [2.24, 2.45) is 0 Å². The lowest BCUT2D eigenvalue weighted by Crippen LogP contribution is -2.51. The van der Waals surface area contributed by atoms with E-state index in [1.807, 2.05) is 21.1 Å². The van der Waals surface area contributed by atoms with Crippen molar-refractivity contribution >= 4 is 23.2 Å². The van der Waals surface area contributed by atoms with E-state index in [1.165, 1.54) is 21.6 Å². The first-order valence-corrected chi connectivity index (χ1v) is 11.8. The fraction of sp³-hybridized carbons (Fsp3) is 0.500. The highest BCUT2D eigenvalue weighted by Crippen LogP contribution is 2.40. The van der Waals surface area contributed by atoms with Gasteiger partial charge in [0.05, 0.1) is 12.1 Å². The molecule has 2 aromatic rings. The molecular formula is C24H31N3O2S. The van der Waals surface area contributed by atoms with Crippen molar-refractivity contribution in [2.45, 2.75) is 45.7 Å². The third kappa shape index (κ3) is 4.03. The van der Waals surface area contributed by atoms with Gasteiger partial charge in [-0.2, -0.15) is 0 Å². The predicted octanol–water partition coefficient (Wildman–Crippen LogP) is 3.47. The van der Waals surface area contributed by atoms with E-state index in [2.05, 4.69) is 54.5 Å². The highest BCUT2D eigenvalue weighted by molar-refractivity contribution is 7.10. The van der Waals surface area contributed by atoms with Gasteiger partial charge in [0.2, 0.25) is 11.8 Å². The molecule has 2 aliphatic heterocycles. The van der Waals surface area contributed by atoms with Gasteiger partial charge in [0, 0.05) is 44.5 Å². The molecule has 1 saturated heterocycles. The molecule has 0 spiro atoms. The molecule has 30 heavy (non-hydrogen) atoms. The summed E-state index contributed by atoms with van der Waals surface area (Å²) < 4.78 is 0. The van der Waals surface area contributed by atoms with Crippen LogP contribution in [0.25, 0.3) is 0 Å². The fourth-order valence-corrected chi connectivity index (χ4v) is 5.76. The van der Waals surface area contributed by atoms with Crippen molar-refractivity contribution in [3.8, 4) is 0 Å². The molecule has 1 aromatic carbocycles. The Bertz CT molecular complexity index is 925. The average molecular weight is 426 g/mol. The van der Waals surface area contributed by atoms with Crippen LogP contribution in [0.3, 0.4) is 0 Å². The second kappa shape index (κ2) is 8.90. The van der Waals surface area contributed by atoms with E-state index in [0.29, 0.717) is 13.1 Å². The summed E-state index contributed by atoms with van der Waals surface area (Å²) in [5.41, 5.74) is 3.90. The van der Waals surface area contributed by atoms with Crippen molar-refractivity contribution in [2.75, 3.05) is 32.7 Å². The van der Waals surface area contributed by atoms with Gasteiger partial charge in [0.25, 0.3) is 0 Å². The van der Waals surface area contributed by atoms with Crippen LogP contribution in [0.2, 0.25) is 0 Å². The maximum atomic E-state index is 13.5. The number of hydrogen-bond acceptors (Lipinski definition) is 4. The SMILES string of the molecule is CC(=O)N1CCCN(C(=O)[C@H](C)N2CCc3sccc3[C@@H]2c2ccccc2C)CC1. The van der Waals surface area contributed by atoms with Gasteiger partial charge in [-0.1, -0.05) is 24.3 Å². The summed E-state index contributed by atoms with van der Waals surface area (Å²) in [5.74, 6) is 0.274. The Morgan fingerprint density at radius 1 is 1.00 bits per heavy atom. The first-order valence-electron chi connectivity index (χ1n) is 10.9. The van der Waals surface area contributed by atoms with E-state index >= 15 is 0 Å². The van der Waals surface area contributed by atoms with Crippen LogP contribution in [-0.2, 0) is 16.0 Å². The summed E-state index contributed by atoms with van der Waals surface area (Å²) in [6.07, 6.45) is 1.83. The summed E-state index contributed by atoms with van der Waals surface area (Å²) in [5, 5.41) is 2.18. The van der Waals surface area contributed by atoms with E-state index in [4.69, 9.17) is 0 Å². The minimum absolute atomic E-state index is 0.0954. The molecule has 0 aliphatic carbocycles. The molecule has 1 aromatic heterocycles. The van der Waals surface area contributed by atoms with Gasteiger partial charge in [-0.3, -0.25) is 14.5 Å². The molecule has 0 radical (unpaired) electrons. The number of benzene rings is 1. The highest BCUT2D eigenvalue weighted by atomic mass is 32.1. The normalized spacial score (nSPS) is 21.1. The Kier molecular flexibility index (Phi) is 6.25. The van der Waals surface area contributed by atoms with Gasteiger partial charge in [0.15, 0.2) is 0 Å². The Balaban J connectivity index is 1.59. The van der Waals surface area contributed by atoms with E-state index in [0.717, 1.165) is 32.5 Å². The van der Waals surface area contributed by atoms with Crippen molar-refractivity contribution in [3.63, 3.8) is 0 Å². The molecule has 0 saturated carbocycles. The van der Waals surface area contributed by atoms with Crippen molar-refractivity contribution in [1.29, 1.82) is 0 Å². The van der Waals surface area contributed by atoms with Crippen molar-refractivity contribution < 1.29 is 9.59 Å². The third-order valence-corrected chi connectivity index (χ3v) is 7.59. The average Bonchev–Trinajstić information content (AvgIpc) is 3.08. The lowest BCUT2D eigenvalue weighted by atomic mass is 9.89. The van der Waals surface area contributed by atoms with Crippen LogP contribution in [0.15, 0.2) is 35.7 Å². The van der Waals surface area contributed by atoms with E-state index < -0.39 is 0 Å². The molecule has 6 heteroatoms. The number of carbonyl (C=O) groups is 2. The molecule has 1 fully saturated rings. The summed E-state index contributed by atoms with van der Waals surface area (Å²) in [4.78, 5) is 32.9. The topological polar surface area (TPSA) is 43.9 Å². The van der Waals surface area contributed by atoms with E-state index in [9.17, 15) is 9.59 Å². The van der Waals surface area contributed by atoms with Crippen molar-refractivity contribution in [3.05, 3.63) is 57.3 Å². The number of aryl methyl sites for hydroxylation is 1. The van der Waals surface area contributed by atoms with Crippen LogP contribution in [0.1, 0.15) is 47.9 Å². The smallest absolute Gasteiger partial charge is 0.239 e. The number of hydrogen-bond donors (Lipinski definition) is 0. The van der Waals surface area contributed by atoms with Gasteiger partial charge in [-0.15, -0.1) is 11.3 Å². The molecule has 160 valence electrons. The zero-order valence-electron chi connectivity index (χ0n) is 18.1. The molecule has 0 bridgehead atoms. The fourth-order valence-electron chi connectivity index (χ4n) is 4.85. The predicted molar refractivity (Wildman–Crippen MR) is 121 cm³/mol. The first kappa shape index (κ1) is 21.1.